The van der Waals surface area contributed by atoms with Crippen LogP contribution in [0.15, 0.2) is 4.99 Å². The molecule has 0 aromatic rings. The van der Waals surface area contributed by atoms with Crippen molar-refractivity contribution in [3.8, 4) is 0 Å². The van der Waals surface area contributed by atoms with Gasteiger partial charge in [0.05, 0.1) is 0 Å². The molecule has 5 heteroatoms. The summed E-state index contributed by atoms with van der Waals surface area (Å²) in [5, 5.41) is 11.5. The van der Waals surface area contributed by atoms with Crippen LogP contribution in [0.25, 0.3) is 0 Å². The molecule has 0 aliphatic carbocycles. The van der Waals surface area contributed by atoms with Crippen LogP contribution in [0, 0.1) is 5.21 Å². The van der Waals surface area contributed by atoms with Crippen LogP contribution in [-0.4, -0.2) is 29.1 Å². The number of hydrogen-bond donors (Lipinski definition) is 1. The average molecular weight is 114 g/mol. The monoisotopic (exact) mass is 114 g/mol. The summed E-state index contributed by atoms with van der Waals surface area (Å²) in [6, 6.07) is 0. The van der Waals surface area contributed by atoms with Gasteiger partial charge in [-0.05, 0) is 0 Å². The summed E-state index contributed by atoms with van der Waals surface area (Å²) in [5.41, 5.74) is 0. The highest BCUT2D eigenvalue weighted by molar-refractivity contribution is 5.59. The predicted molar refractivity (Wildman–Crippen MR) is 29.1 cm³/mol. The zero-order valence-electron chi connectivity index (χ0n) is 4.19. The van der Waals surface area contributed by atoms with E-state index in [1.54, 1.807) is 0 Å². The van der Waals surface area contributed by atoms with E-state index in [9.17, 15) is 5.21 Å². The molecular formula is C3H6N4O. The minimum absolute atomic E-state index is 0.360. The number of hydroxylamine groups is 1. The lowest BCUT2D eigenvalue weighted by Crippen LogP contribution is -2.35. The van der Waals surface area contributed by atoms with E-state index in [-0.39, 0.29) is 0 Å². The summed E-state index contributed by atoms with van der Waals surface area (Å²) in [6.45, 7) is 0.360. The van der Waals surface area contributed by atoms with E-state index in [1.165, 1.54) is 17.7 Å². The molecule has 0 aromatic carbocycles. The Bertz CT molecular complexity index is 140. The first-order valence-electron chi connectivity index (χ1n) is 2.11. The van der Waals surface area contributed by atoms with Crippen LogP contribution in [0.2, 0.25) is 0 Å². The van der Waals surface area contributed by atoms with Gasteiger partial charge in [0.2, 0.25) is 19.3 Å². The van der Waals surface area contributed by atoms with Crippen LogP contribution >= 0.6 is 0 Å². The van der Waals surface area contributed by atoms with Gasteiger partial charge < -0.3 is 5.21 Å². The van der Waals surface area contributed by atoms with E-state index >= 15 is 0 Å². The molecule has 0 spiro atoms. The molecule has 0 amide bonds. The van der Waals surface area contributed by atoms with E-state index < -0.39 is 0 Å². The summed E-state index contributed by atoms with van der Waals surface area (Å²) in [7, 11) is 0. The zero-order chi connectivity index (χ0) is 5.98. The molecule has 0 bridgehead atoms. The molecule has 5 nitrogen and oxygen atoms in total. The summed E-state index contributed by atoms with van der Waals surface area (Å²) < 4.78 is 0.545. The third-order valence-corrected chi connectivity index (χ3v) is 0.703. The number of hydrogen-bond acceptors (Lipinski definition) is 4. The van der Waals surface area contributed by atoms with E-state index in [4.69, 9.17) is 5.84 Å². The lowest BCUT2D eigenvalue weighted by Gasteiger charge is -2.11. The fraction of sp³-hybridized carbons (Fsp3) is 0.333. The standard InChI is InChI=1S/C3H6N4O/c4-6-1-5-2-7(8)3-6/h2-3H,1,4H2. The molecule has 0 saturated carbocycles. The Morgan fingerprint density at radius 3 is 3.00 bits per heavy atom. The maximum Gasteiger partial charge on any atom is 0.231 e. The second kappa shape index (κ2) is 1.79. The molecule has 0 fully saturated rings. The lowest BCUT2D eigenvalue weighted by molar-refractivity contribution is -0.319. The Morgan fingerprint density at radius 2 is 2.62 bits per heavy atom. The Hall–Kier alpha value is -1.10. The summed E-state index contributed by atoms with van der Waals surface area (Å²) >= 11 is 0. The van der Waals surface area contributed by atoms with Gasteiger partial charge in [0.25, 0.3) is 0 Å². The lowest BCUT2D eigenvalue weighted by atomic mass is 10.9. The third-order valence-electron chi connectivity index (χ3n) is 0.703. The van der Waals surface area contributed by atoms with Crippen molar-refractivity contribution in [3.05, 3.63) is 5.21 Å². The van der Waals surface area contributed by atoms with Gasteiger partial charge in [-0.2, -0.15) is 10.9 Å². The van der Waals surface area contributed by atoms with Crippen molar-refractivity contribution in [2.45, 2.75) is 0 Å². The smallest absolute Gasteiger partial charge is 0.231 e. The van der Waals surface area contributed by atoms with E-state index in [1.807, 2.05) is 0 Å². The number of aliphatic imine (C=N–C) groups is 1. The first-order chi connectivity index (χ1) is 3.79. The quantitative estimate of drug-likeness (QED) is 0.242. The largest absolute Gasteiger partial charge is 0.741 e. The van der Waals surface area contributed by atoms with E-state index in [0.717, 1.165) is 0 Å². The molecule has 8 heavy (non-hydrogen) atoms. The molecule has 1 aliphatic heterocycles. The molecule has 0 aromatic heterocycles. The highest BCUT2D eigenvalue weighted by Crippen LogP contribution is 1.78. The second-order valence-electron chi connectivity index (χ2n) is 1.43. The predicted octanol–water partition coefficient (Wildman–Crippen LogP) is -1.30. The maximum atomic E-state index is 10.3. The third kappa shape index (κ3) is 0.941. The van der Waals surface area contributed by atoms with Gasteiger partial charge in [0, 0.05) is 0 Å². The Morgan fingerprint density at radius 1 is 1.88 bits per heavy atom. The Labute approximate surface area is 46.3 Å². The van der Waals surface area contributed by atoms with Crippen LogP contribution in [-0.2, 0) is 0 Å². The van der Waals surface area contributed by atoms with Gasteiger partial charge in [-0.15, -0.1) is 4.99 Å². The number of nitrogens with zero attached hydrogens (tertiary/aromatic N) is 3. The number of nitrogens with two attached hydrogens (primary N) is 1. The first-order valence-corrected chi connectivity index (χ1v) is 2.11. The van der Waals surface area contributed by atoms with Crippen LogP contribution in [0.3, 0.4) is 0 Å². The summed E-state index contributed by atoms with van der Waals surface area (Å²) in [4.78, 5) is 3.60. The van der Waals surface area contributed by atoms with Gasteiger partial charge in [-0.25, -0.2) is 0 Å². The second-order valence-corrected chi connectivity index (χ2v) is 1.43. The van der Waals surface area contributed by atoms with Crippen LogP contribution < -0.4 is 5.84 Å². The SMILES string of the molecule is NN1C=[N+]([O-])C=NC1. The van der Waals surface area contributed by atoms with Gasteiger partial charge in [-0.3, -0.25) is 4.74 Å². The van der Waals surface area contributed by atoms with Crippen molar-refractivity contribution >= 4 is 12.7 Å². The van der Waals surface area contributed by atoms with Crippen molar-refractivity contribution in [2.75, 3.05) is 6.67 Å². The van der Waals surface area contributed by atoms with Gasteiger partial charge in [0.1, 0.15) is 0 Å². The molecule has 1 aliphatic rings. The normalized spacial score (nSPS) is 18.6. The van der Waals surface area contributed by atoms with Gasteiger partial charge in [0.15, 0.2) is 0 Å². The van der Waals surface area contributed by atoms with Crippen LogP contribution in [0.1, 0.15) is 0 Å². The Balaban J connectivity index is 2.63. The van der Waals surface area contributed by atoms with Crippen molar-refractivity contribution in [1.82, 2.24) is 5.01 Å². The maximum absolute atomic E-state index is 10.3. The molecule has 0 unspecified atom stereocenters. The summed E-state index contributed by atoms with van der Waals surface area (Å²) in [5.74, 6) is 5.15. The first kappa shape index (κ1) is 5.04. The zero-order valence-corrected chi connectivity index (χ0v) is 4.19. The number of hydrazine groups is 1. The highest BCUT2D eigenvalue weighted by atomic mass is 16.5. The topological polar surface area (TPSA) is 67.7 Å². The van der Waals surface area contributed by atoms with Crippen LogP contribution in [0.4, 0.5) is 0 Å². The van der Waals surface area contributed by atoms with Gasteiger partial charge in [-0.1, -0.05) is 0 Å². The van der Waals surface area contributed by atoms with E-state index in [0.29, 0.717) is 11.4 Å². The van der Waals surface area contributed by atoms with Crippen molar-refractivity contribution in [3.63, 3.8) is 0 Å². The number of rotatable bonds is 0. The highest BCUT2D eigenvalue weighted by Gasteiger charge is 2.00. The minimum atomic E-state index is 0.360. The van der Waals surface area contributed by atoms with Gasteiger partial charge >= 0.3 is 0 Å². The molecule has 1 rings (SSSR count). The van der Waals surface area contributed by atoms with Crippen LogP contribution in [0.5, 0.6) is 0 Å². The molecule has 0 atom stereocenters. The summed E-state index contributed by atoms with van der Waals surface area (Å²) in [6.07, 6.45) is 2.39. The minimum Gasteiger partial charge on any atom is -0.741 e. The van der Waals surface area contributed by atoms with Crippen molar-refractivity contribution < 1.29 is 4.74 Å². The molecule has 44 valence electrons. The van der Waals surface area contributed by atoms with Crippen molar-refractivity contribution in [1.29, 1.82) is 0 Å². The Kier molecular flexibility index (Phi) is 1.13. The van der Waals surface area contributed by atoms with Crippen molar-refractivity contribution in [2.24, 2.45) is 10.8 Å². The fourth-order valence-electron chi connectivity index (χ4n) is 0.424. The molecular weight excluding hydrogens is 108 g/mol. The van der Waals surface area contributed by atoms with E-state index in [2.05, 4.69) is 4.99 Å². The molecule has 1 heterocycles. The fourth-order valence-corrected chi connectivity index (χ4v) is 0.424. The molecule has 0 radical (unpaired) electrons. The molecule has 0 saturated heterocycles. The molecule has 2 N–H and O–H groups in total. The average Bonchev–Trinajstić information content (AvgIpc) is 1.64.